The van der Waals surface area contributed by atoms with Gasteiger partial charge in [0.1, 0.15) is 0 Å². The van der Waals surface area contributed by atoms with Gasteiger partial charge in [-0.15, -0.1) is 0 Å². The highest BCUT2D eigenvalue weighted by atomic mass is 19.3. The molecule has 0 unspecified atom stereocenters. The normalized spacial score (nSPS) is 15.5. The Kier molecular flexibility index (Phi) is 2.98. The lowest BCUT2D eigenvalue weighted by Crippen LogP contribution is -2.40. The first-order chi connectivity index (χ1) is 10.2. The minimum Gasteiger partial charge on any atom is -0.412 e. The van der Waals surface area contributed by atoms with E-state index in [1.165, 1.54) is 20.2 Å². The number of rotatable bonds is 0. The molecule has 7 heteroatoms. The Balaban J connectivity index is 2.37. The van der Waals surface area contributed by atoms with Gasteiger partial charge in [-0.3, -0.25) is 13.9 Å². The molecule has 1 aliphatic heterocycles. The van der Waals surface area contributed by atoms with Crippen molar-refractivity contribution >= 4 is 0 Å². The van der Waals surface area contributed by atoms with Gasteiger partial charge in [0.05, 0.1) is 11.1 Å². The smallest absolute Gasteiger partial charge is 0.412 e. The number of ether oxygens (including phenoxy) is 1. The van der Waals surface area contributed by atoms with Crippen LogP contribution in [0.4, 0.5) is 8.78 Å². The molecular formula is C15H14F2N2O3. The summed E-state index contributed by atoms with van der Waals surface area (Å²) >= 11 is 0. The maximum Gasteiger partial charge on any atom is 0.428 e. The van der Waals surface area contributed by atoms with Gasteiger partial charge in [-0.25, -0.2) is 4.79 Å². The lowest BCUT2D eigenvalue weighted by atomic mass is 9.99. The van der Waals surface area contributed by atoms with E-state index in [4.69, 9.17) is 4.74 Å². The van der Waals surface area contributed by atoms with Gasteiger partial charge < -0.3 is 4.74 Å². The molecule has 0 amide bonds. The van der Waals surface area contributed by atoms with Gasteiger partial charge in [-0.2, -0.15) is 8.78 Å². The molecule has 5 nitrogen and oxygen atoms in total. The Bertz CT molecular complexity index is 897. The molecule has 22 heavy (non-hydrogen) atoms. The van der Waals surface area contributed by atoms with Crippen LogP contribution in [-0.4, -0.2) is 9.13 Å². The fourth-order valence-corrected chi connectivity index (χ4v) is 2.66. The van der Waals surface area contributed by atoms with Crippen molar-refractivity contribution in [2.24, 2.45) is 14.1 Å². The second-order valence-electron chi connectivity index (χ2n) is 5.45. The summed E-state index contributed by atoms with van der Waals surface area (Å²) in [6.07, 6.45) is -3.62. The van der Waals surface area contributed by atoms with E-state index in [9.17, 15) is 18.4 Å². The molecule has 0 saturated carbocycles. The van der Waals surface area contributed by atoms with Crippen LogP contribution in [-0.2, 0) is 26.6 Å². The molecule has 0 radical (unpaired) electrons. The molecule has 116 valence electrons. The van der Waals surface area contributed by atoms with E-state index >= 15 is 0 Å². The number of alkyl halides is 2. The molecule has 0 aliphatic carbocycles. The van der Waals surface area contributed by atoms with Gasteiger partial charge in [0.15, 0.2) is 0 Å². The molecule has 1 aromatic heterocycles. The van der Waals surface area contributed by atoms with Gasteiger partial charge >= 0.3 is 11.8 Å². The Morgan fingerprint density at radius 1 is 1.18 bits per heavy atom. The molecule has 0 saturated heterocycles. The highest BCUT2D eigenvalue weighted by molar-refractivity contribution is 5.42. The second kappa shape index (κ2) is 4.53. The molecule has 0 spiro atoms. The first-order valence-electron chi connectivity index (χ1n) is 6.68. The predicted molar refractivity (Wildman–Crippen MR) is 75.4 cm³/mol. The maximum atomic E-state index is 14.4. The number of hydrogen-bond donors (Lipinski definition) is 0. The van der Waals surface area contributed by atoms with Gasteiger partial charge in [0.25, 0.3) is 5.56 Å². The number of nitrogens with zero attached hydrogens (tertiary/aromatic N) is 2. The van der Waals surface area contributed by atoms with Crippen molar-refractivity contribution in [1.82, 2.24) is 9.13 Å². The lowest BCUT2D eigenvalue weighted by Gasteiger charge is -2.19. The van der Waals surface area contributed by atoms with Crippen molar-refractivity contribution in [1.29, 1.82) is 0 Å². The highest BCUT2D eigenvalue weighted by Gasteiger charge is 2.41. The first kappa shape index (κ1) is 14.5. The third kappa shape index (κ3) is 1.96. The zero-order valence-electron chi connectivity index (χ0n) is 12.3. The molecule has 1 aliphatic rings. The number of aromatic nitrogens is 2. The molecule has 3 rings (SSSR count). The zero-order chi connectivity index (χ0) is 16.2. The van der Waals surface area contributed by atoms with Gasteiger partial charge in [0.2, 0.25) is 5.88 Å². The minimum absolute atomic E-state index is 0.0126. The summed E-state index contributed by atoms with van der Waals surface area (Å²) in [5.41, 5.74) is -0.589. The van der Waals surface area contributed by atoms with E-state index in [0.717, 1.165) is 9.13 Å². The Hall–Kier alpha value is -2.44. The van der Waals surface area contributed by atoms with E-state index < -0.39 is 17.4 Å². The van der Waals surface area contributed by atoms with Crippen LogP contribution < -0.4 is 16.0 Å². The number of halogens is 2. The van der Waals surface area contributed by atoms with E-state index in [0.29, 0.717) is 11.1 Å². The van der Waals surface area contributed by atoms with E-state index in [-0.39, 0.29) is 23.4 Å². The SMILES string of the molecule is Cc1ccc2c(c1)C(F)(F)Oc1c(c(=O)n(C)c(=O)n1C)C2. The van der Waals surface area contributed by atoms with Crippen LogP contribution in [0.15, 0.2) is 27.8 Å². The number of fused-ring (bicyclic) bond motifs is 2. The van der Waals surface area contributed by atoms with Gasteiger partial charge in [-0.1, -0.05) is 17.7 Å². The summed E-state index contributed by atoms with van der Waals surface area (Å²) in [6.45, 7) is 1.70. The van der Waals surface area contributed by atoms with Gasteiger partial charge in [-0.05, 0) is 18.6 Å². The first-order valence-corrected chi connectivity index (χ1v) is 6.68. The monoisotopic (exact) mass is 308 g/mol. The summed E-state index contributed by atoms with van der Waals surface area (Å²) in [6, 6.07) is 4.59. The predicted octanol–water partition coefficient (Wildman–Crippen LogP) is 1.42. The lowest BCUT2D eigenvalue weighted by molar-refractivity contribution is -0.188. The highest BCUT2D eigenvalue weighted by Crippen LogP contribution is 2.38. The summed E-state index contributed by atoms with van der Waals surface area (Å²) in [7, 11) is 2.61. The summed E-state index contributed by atoms with van der Waals surface area (Å²) in [5.74, 6) is -0.382. The fourth-order valence-electron chi connectivity index (χ4n) is 2.66. The molecule has 0 N–H and O–H groups in total. The number of hydrogen-bond acceptors (Lipinski definition) is 3. The van der Waals surface area contributed by atoms with Crippen LogP contribution in [0.1, 0.15) is 22.3 Å². The number of aryl methyl sites for hydroxylation is 1. The van der Waals surface area contributed by atoms with Crippen molar-refractivity contribution < 1.29 is 13.5 Å². The maximum absolute atomic E-state index is 14.4. The Morgan fingerprint density at radius 3 is 2.55 bits per heavy atom. The third-order valence-corrected chi connectivity index (χ3v) is 3.87. The molecule has 0 atom stereocenters. The molecule has 2 aromatic rings. The van der Waals surface area contributed by atoms with Crippen molar-refractivity contribution in [3.8, 4) is 5.88 Å². The van der Waals surface area contributed by atoms with Crippen molar-refractivity contribution in [2.75, 3.05) is 0 Å². The Morgan fingerprint density at radius 2 is 1.86 bits per heavy atom. The molecule has 0 bridgehead atoms. The van der Waals surface area contributed by atoms with E-state index in [2.05, 4.69) is 0 Å². The molecule has 0 fully saturated rings. The summed E-state index contributed by atoms with van der Waals surface area (Å²) in [5, 5.41) is 0. The van der Waals surface area contributed by atoms with Crippen LogP contribution in [0.25, 0.3) is 0 Å². The van der Waals surface area contributed by atoms with Crippen molar-refractivity contribution in [2.45, 2.75) is 19.5 Å². The van der Waals surface area contributed by atoms with Crippen molar-refractivity contribution in [3.05, 3.63) is 61.3 Å². The van der Waals surface area contributed by atoms with Crippen LogP contribution in [0, 0.1) is 6.92 Å². The quantitative estimate of drug-likeness (QED) is 0.740. The number of benzene rings is 1. The Labute approximate surface area is 124 Å². The molecular weight excluding hydrogens is 294 g/mol. The standard InChI is InChI=1S/C15H14F2N2O3/c1-8-4-5-9-7-10-12(20)18(2)14(21)19(3)13(10)22-15(16,17)11(9)6-8/h4-6H,7H2,1-3H3. The van der Waals surface area contributed by atoms with E-state index in [1.807, 2.05) is 0 Å². The van der Waals surface area contributed by atoms with Gasteiger partial charge in [0, 0.05) is 20.5 Å². The molecule has 2 heterocycles. The third-order valence-electron chi connectivity index (χ3n) is 3.87. The molecule has 1 aromatic carbocycles. The van der Waals surface area contributed by atoms with Crippen LogP contribution in [0.3, 0.4) is 0 Å². The van der Waals surface area contributed by atoms with E-state index in [1.54, 1.807) is 19.1 Å². The minimum atomic E-state index is -3.61. The van der Waals surface area contributed by atoms with Crippen LogP contribution in [0.5, 0.6) is 5.88 Å². The summed E-state index contributed by atoms with van der Waals surface area (Å²) < 4.78 is 35.4. The van der Waals surface area contributed by atoms with Crippen LogP contribution >= 0.6 is 0 Å². The second-order valence-corrected chi connectivity index (χ2v) is 5.45. The summed E-state index contributed by atoms with van der Waals surface area (Å²) in [4.78, 5) is 24.2. The van der Waals surface area contributed by atoms with Crippen molar-refractivity contribution in [3.63, 3.8) is 0 Å². The largest absolute Gasteiger partial charge is 0.428 e. The van der Waals surface area contributed by atoms with Crippen LogP contribution in [0.2, 0.25) is 0 Å². The fraction of sp³-hybridized carbons (Fsp3) is 0.333. The topological polar surface area (TPSA) is 53.2 Å². The zero-order valence-corrected chi connectivity index (χ0v) is 12.3. The average molecular weight is 308 g/mol. The average Bonchev–Trinajstić information content (AvgIpc) is 2.58.